The number of aromatic nitrogens is 1. The Kier molecular flexibility index (Phi) is 4.94. The standard InChI is InChI=1S/C17H15ClN4O2/c18-15-9-13(2-1-12(15)11-19)21-17(23)16-10-14(3-4-20-16)22-5-7-24-8-6-22/h1-4,9-10H,5-8H2,(H,21,23). The second-order valence-electron chi connectivity index (χ2n) is 5.26. The number of amides is 1. The van der Waals surface area contributed by atoms with E-state index in [-0.39, 0.29) is 5.91 Å². The predicted octanol–water partition coefficient (Wildman–Crippen LogP) is 2.70. The molecule has 0 radical (unpaired) electrons. The predicted molar refractivity (Wildman–Crippen MR) is 91.4 cm³/mol. The Morgan fingerprint density at radius 1 is 1.29 bits per heavy atom. The van der Waals surface area contributed by atoms with Gasteiger partial charge < -0.3 is 15.0 Å². The van der Waals surface area contributed by atoms with Crippen molar-refractivity contribution in [3.63, 3.8) is 0 Å². The van der Waals surface area contributed by atoms with Crippen molar-refractivity contribution >= 4 is 28.9 Å². The van der Waals surface area contributed by atoms with Gasteiger partial charge in [-0.05, 0) is 30.3 Å². The number of anilines is 2. The van der Waals surface area contributed by atoms with Gasteiger partial charge in [-0.3, -0.25) is 9.78 Å². The van der Waals surface area contributed by atoms with Crippen molar-refractivity contribution in [2.24, 2.45) is 0 Å². The zero-order chi connectivity index (χ0) is 16.9. The van der Waals surface area contributed by atoms with Crippen molar-refractivity contribution in [1.82, 2.24) is 4.98 Å². The molecule has 0 unspecified atom stereocenters. The zero-order valence-corrected chi connectivity index (χ0v) is 13.6. The molecular formula is C17H15ClN4O2. The third-order valence-corrected chi connectivity index (χ3v) is 4.01. The van der Waals surface area contributed by atoms with Crippen LogP contribution >= 0.6 is 11.6 Å². The van der Waals surface area contributed by atoms with Gasteiger partial charge in [0.15, 0.2) is 0 Å². The van der Waals surface area contributed by atoms with E-state index in [1.165, 1.54) is 0 Å². The highest BCUT2D eigenvalue weighted by molar-refractivity contribution is 6.32. The van der Waals surface area contributed by atoms with E-state index >= 15 is 0 Å². The molecule has 0 spiro atoms. The molecule has 2 heterocycles. The van der Waals surface area contributed by atoms with Gasteiger partial charge in [-0.1, -0.05) is 11.6 Å². The van der Waals surface area contributed by atoms with Crippen molar-refractivity contribution in [3.05, 3.63) is 52.8 Å². The van der Waals surface area contributed by atoms with Gasteiger partial charge in [0.25, 0.3) is 5.91 Å². The Morgan fingerprint density at radius 2 is 2.08 bits per heavy atom. The summed E-state index contributed by atoms with van der Waals surface area (Å²) in [5.74, 6) is -0.328. The third kappa shape index (κ3) is 3.65. The number of ether oxygens (including phenoxy) is 1. The number of pyridine rings is 1. The van der Waals surface area contributed by atoms with E-state index in [4.69, 9.17) is 21.6 Å². The Bertz CT molecular complexity index is 797. The van der Waals surface area contributed by atoms with E-state index < -0.39 is 0 Å². The number of benzene rings is 1. The van der Waals surface area contributed by atoms with Crippen LogP contribution in [-0.4, -0.2) is 37.2 Å². The maximum absolute atomic E-state index is 12.4. The molecule has 1 saturated heterocycles. The van der Waals surface area contributed by atoms with Crippen molar-refractivity contribution in [3.8, 4) is 6.07 Å². The first-order valence-electron chi connectivity index (χ1n) is 7.47. The van der Waals surface area contributed by atoms with Crippen LogP contribution in [0.4, 0.5) is 11.4 Å². The van der Waals surface area contributed by atoms with Crippen molar-refractivity contribution in [2.45, 2.75) is 0 Å². The van der Waals surface area contributed by atoms with E-state index in [0.717, 1.165) is 18.8 Å². The van der Waals surface area contributed by atoms with Gasteiger partial charge in [0.05, 0.1) is 23.8 Å². The average molecular weight is 343 g/mol. The monoisotopic (exact) mass is 342 g/mol. The number of hydrogen-bond donors (Lipinski definition) is 1. The molecule has 122 valence electrons. The number of halogens is 1. The van der Waals surface area contributed by atoms with Crippen LogP contribution < -0.4 is 10.2 Å². The number of carbonyl (C=O) groups excluding carboxylic acids is 1. The first-order chi connectivity index (χ1) is 11.7. The van der Waals surface area contributed by atoms with Crippen molar-refractivity contribution in [1.29, 1.82) is 5.26 Å². The first-order valence-corrected chi connectivity index (χ1v) is 7.85. The lowest BCUT2D eigenvalue weighted by molar-refractivity contribution is 0.102. The summed E-state index contributed by atoms with van der Waals surface area (Å²) < 4.78 is 5.34. The van der Waals surface area contributed by atoms with E-state index in [0.29, 0.717) is 35.2 Å². The second kappa shape index (κ2) is 7.30. The molecule has 1 amide bonds. The maximum Gasteiger partial charge on any atom is 0.274 e. The molecule has 1 fully saturated rings. The summed E-state index contributed by atoms with van der Waals surface area (Å²) in [6, 6.07) is 10.4. The lowest BCUT2D eigenvalue weighted by atomic mass is 10.2. The quantitative estimate of drug-likeness (QED) is 0.927. The van der Waals surface area contributed by atoms with Crippen LogP contribution in [0.3, 0.4) is 0 Å². The van der Waals surface area contributed by atoms with Gasteiger partial charge in [0.1, 0.15) is 11.8 Å². The number of nitriles is 1. The molecule has 1 aromatic heterocycles. The minimum absolute atomic E-state index is 0.297. The summed E-state index contributed by atoms with van der Waals surface area (Å²) in [4.78, 5) is 18.7. The summed E-state index contributed by atoms with van der Waals surface area (Å²) in [7, 11) is 0. The highest BCUT2D eigenvalue weighted by Crippen LogP contribution is 2.21. The van der Waals surface area contributed by atoms with E-state index in [2.05, 4.69) is 15.2 Å². The molecule has 1 aliphatic heterocycles. The number of morpholine rings is 1. The van der Waals surface area contributed by atoms with E-state index in [1.54, 1.807) is 30.5 Å². The van der Waals surface area contributed by atoms with Crippen molar-refractivity contribution < 1.29 is 9.53 Å². The van der Waals surface area contributed by atoms with Gasteiger partial charge in [-0.15, -0.1) is 0 Å². The average Bonchev–Trinajstić information content (AvgIpc) is 2.63. The van der Waals surface area contributed by atoms with Crippen LogP contribution in [0, 0.1) is 11.3 Å². The Hall–Kier alpha value is -2.62. The number of nitrogens with zero attached hydrogens (tertiary/aromatic N) is 3. The Balaban J connectivity index is 1.75. The molecule has 24 heavy (non-hydrogen) atoms. The maximum atomic E-state index is 12.4. The lowest BCUT2D eigenvalue weighted by Crippen LogP contribution is -2.36. The van der Waals surface area contributed by atoms with Crippen LogP contribution in [0.5, 0.6) is 0 Å². The molecule has 0 saturated carbocycles. The van der Waals surface area contributed by atoms with Crippen LogP contribution in [0.2, 0.25) is 5.02 Å². The summed E-state index contributed by atoms with van der Waals surface area (Å²) in [6.07, 6.45) is 1.62. The largest absolute Gasteiger partial charge is 0.378 e. The SMILES string of the molecule is N#Cc1ccc(NC(=O)c2cc(N3CCOCC3)ccn2)cc1Cl. The third-order valence-electron chi connectivity index (χ3n) is 3.70. The minimum atomic E-state index is -0.328. The zero-order valence-electron chi connectivity index (χ0n) is 12.8. The minimum Gasteiger partial charge on any atom is -0.378 e. The fourth-order valence-corrected chi connectivity index (χ4v) is 2.66. The summed E-state index contributed by atoms with van der Waals surface area (Å²) in [5.41, 5.74) is 2.14. The molecule has 2 aromatic rings. The second-order valence-corrected chi connectivity index (χ2v) is 5.67. The normalized spacial score (nSPS) is 14.1. The number of carbonyl (C=O) groups is 1. The van der Waals surface area contributed by atoms with Gasteiger partial charge in [-0.2, -0.15) is 5.26 Å². The molecule has 3 rings (SSSR count). The van der Waals surface area contributed by atoms with Crippen LogP contribution in [-0.2, 0) is 4.74 Å². The van der Waals surface area contributed by atoms with Gasteiger partial charge in [-0.25, -0.2) is 0 Å². The van der Waals surface area contributed by atoms with Crippen LogP contribution in [0.1, 0.15) is 16.1 Å². The highest BCUT2D eigenvalue weighted by Gasteiger charge is 2.14. The molecule has 1 aliphatic rings. The molecule has 6 nitrogen and oxygen atoms in total. The summed E-state index contributed by atoms with van der Waals surface area (Å²) >= 11 is 5.98. The molecule has 1 aromatic carbocycles. The lowest BCUT2D eigenvalue weighted by Gasteiger charge is -2.28. The fraction of sp³-hybridized carbons (Fsp3) is 0.235. The Morgan fingerprint density at radius 3 is 2.79 bits per heavy atom. The van der Waals surface area contributed by atoms with Gasteiger partial charge >= 0.3 is 0 Å². The summed E-state index contributed by atoms with van der Waals surface area (Å²) in [5, 5.41) is 11.9. The number of rotatable bonds is 3. The Labute approximate surface area is 144 Å². The molecule has 0 atom stereocenters. The first kappa shape index (κ1) is 16.2. The number of nitrogens with one attached hydrogen (secondary N) is 1. The van der Waals surface area contributed by atoms with Crippen LogP contribution in [0.25, 0.3) is 0 Å². The topological polar surface area (TPSA) is 78.2 Å². The van der Waals surface area contributed by atoms with E-state index in [1.807, 2.05) is 12.1 Å². The molecule has 0 bridgehead atoms. The highest BCUT2D eigenvalue weighted by atomic mass is 35.5. The molecule has 7 heteroatoms. The van der Waals surface area contributed by atoms with Gasteiger partial charge in [0, 0.05) is 30.7 Å². The molecular weight excluding hydrogens is 328 g/mol. The fourth-order valence-electron chi connectivity index (χ4n) is 2.44. The van der Waals surface area contributed by atoms with E-state index in [9.17, 15) is 4.79 Å². The molecule has 0 aliphatic carbocycles. The smallest absolute Gasteiger partial charge is 0.274 e. The summed E-state index contributed by atoms with van der Waals surface area (Å²) in [6.45, 7) is 2.92. The number of hydrogen-bond acceptors (Lipinski definition) is 5. The van der Waals surface area contributed by atoms with Crippen LogP contribution in [0.15, 0.2) is 36.5 Å². The van der Waals surface area contributed by atoms with Gasteiger partial charge in [0.2, 0.25) is 0 Å². The van der Waals surface area contributed by atoms with Crippen molar-refractivity contribution in [2.75, 3.05) is 36.5 Å². The molecule has 1 N–H and O–H groups in total.